The normalized spacial score (nSPS) is 10.8. The summed E-state index contributed by atoms with van der Waals surface area (Å²) in [4.78, 5) is 20.0. The van der Waals surface area contributed by atoms with Gasteiger partial charge in [-0.15, -0.1) is 0 Å². The summed E-state index contributed by atoms with van der Waals surface area (Å²) in [7, 11) is 0. The van der Waals surface area contributed by atoms with Crippen LogP contribution in [0.2, 0.25) is 0 Å². The zero-order chi connectivity index (χ0) is 19.5. The molecule has 0 bridgehead atoms. The Balaban J connectivity index is 1.46. The minimum atomic E-state index is -1.13. The van der Waals surface area contributed by atoms with Crippen molar-refractivity contribution in [2.45, 2.75) is 6.54 Å². The average Bonchev–Trinajstić information content (AvgIpc) is 3.35. The van der Waals surface area contributed by atoms with Gasteiger partial charge >= 0.3 is 0 Å². The predicted octanol–water partition coefficient (Wildman–Crippen LogP) is 2.91. The highest BCUT2D eigenvalue weighted by atomic mass is 19.2. The average molecular weight is 382 g/mol. The summed E-state index contributed by atoms with van der Waals surface area (Å²) in [5, 5.41) is 10.3. The number of benzene rings is 1. The van der Waals surface area contributed by atoms with Crippen LogP contribution in [0.4, 0.5) is 14.6 Å². The van der Waals surface area contributed by atoms with Crippen LogP contribution in [0.1, 0.15) is 16.2 Å². The van der Waals surface area contributed by atoms with E-state index in [0.717, 1.165) is 11.6 Å². The number of halogens is 2. The van der Waals surface area contributed by atoms with Crippen LogP contribution < -0.4 is 5.32 Å². The van der Waals surface area contributed by atoms with Crippen molar-refractivity contribution in [1.29, 1.82) is 0 Å². The minimum absolute atomic E-state index is 0.229. The number of carbonyl (C=O) groups is 1. The molecule has 1 amide bonds. The van der Waals surface area contributed by atoms with E-state index in [1.807, 2.05) is 12.1 Å². The maximum Gasteiger partial charge on any atom is 0.298 e. The Bertz CT molecular complexity index is 1130. The summed E-state index contributed by atoms with van der Waals surface area (Å²) < 4.78 is 33.6. The maximum absolute atomic E-state index is 13.8. The molecule has 1 aromatic carbocycles. The van der Waals surface area contributed by atoms with E-state index in [-0.39, 0.29) is 23.1 Å². The van der Waals surface area contributed by atoms with Crippen molar-refractivity contribution in [2.75, 3.05) is 5.32 Å². The molecular weight excluding hydrogens is 370 g/mol. The third kappa shape index (κ3) is 3.61. The molecule has 0 radical (unpaired) electrons. The summed E-state index contributed by atoms with van der Waals surface area (Å²) in [6.45, 7) is 0.504. The van der Waals surface area contributed by atoms with Gasteiger partial charge in [-0.2, -0.15) is 10.1 Å². The van der Waals surface area contributed by atoms with Gasteiger partial charge in [0.05, 0.1) is 12.1 Å². The van der Waals surface area contributed by atoms with Crippen molar-refractivity contribution in [2.24, 2.45) is 0 Å². The number of hydrogen-bond acceptors (Lipinski definition) is 6. The monoisotopic (exact) mass is 382 g/mol. The SMILES string of the molecule is O=C(Nc1ccn(Cc2ccncc2)n1)c1noc(-c2cccc(F)c2F)n1. The highest BCUT2D eigenvalue weighted by molar-refractivity contribution is 6.01. The summed E-state index contributed by atoms with van der Waals surface area (Å²) in [6.07, 6.45) is 5.05. The Morgan fingerprint density at radius 2 is 1.96 bits per heavy atom. The summed E-state index contributed by atoms with van der Waals surface area (Å²) in [6, 6.07) is 8.84. The third-order valence-corrected chi connectivity index (χ3v) is 3.79. The molecule has 0 saturated carbocycles. The van der Waals surface area contributed by atoms with Crippen LogP contribution in [0.5, 0.6) is 0 Å². The number of nitrogens with zero attached hydrogens (tertiary/aromatic N) is 5. The van der Waals surface area contributed by atoms with Gasteiger partial charge in [0, 0.05) is 24.7 Å². The lowest BCUT2D eigenvalue weighted by Gasteiger charge is -2.01. The van der Waals surface area contributed by atoms with Crippen molar-refractivity contribution in [3.8, 4) is 11.5 Å². The first-order valence-electron chi connectivity index (χ1n) is 8.12. The quantitative estimate of drug-likeness (QED) is 0.570. The molecule has 0 saturated heterocycles. The predicted molar refractivity (Wildman–Crippen MR) is 93.2 cm³/mol. The summed E-state index contributed by atoms with van der Waals surface area (Å²) in [5.41, 5.74) is 0.768. The molecule has 0 aliphatic heterocycles. The van der Waals surface area contributed by atoms with Gasteiger partial charge in [0.25, 0.3) is 17.6 Å². The van der Waals surface area contributed by atoms with E-state index in [4.69, 9.17) is 4.52 Å². The van der Waals surface area contributed by atoms with E-state index in [2.05, 4.69) is 25.5 Å². The number of rotatable bonds is 5. The molecule has 140 valence electrons. The number of anilines is 1. The van der Waals surface area contributed by atoms with E-state index >= 15 is 0 Å². The van der Waals surface area contributed by atoms with Crippen LogP contribution in [0.15, 0.2) is 59.5 Å². The van der Waals surface area contributed by atoms with Crippen molar-refractivity contribution < 1.29 is 18.1 Å². The number of carbonyl (C=O) groups excluding carboxylic acids is 1. The van der Waals surface area contributed by atoms with E-state index < -0.39 is 17.5 Å². The van der Waals surface area contributed by atoms with Gasteiger partial charge in [0.2, 0.25) is 0 Å². The second-order valence-corrected chi connectivity index (χ2v) is 5.73. The molecule has 0 spiro atoms. The van der Waals surface area contributed by atoms with Crippen LogP contribution in [0.3, 0.4) is 0 Å². The number of hydrogen-bond donors (Lipinski definition) is 1. The van der Waals surface area contributed by atoms with Crippen LogP contribution in [0.25, 0.3) is 11.5 Å². The molecule has 28 heavy (non-hydrogen) atoms. The number of aromatic nitrogens is 5. The molecule has 0 fully saturated rings. The Labute approximate surface area is 156 Å². The van der Waals surface area contributed by atoms with E-state index in [1.54, 1.807) is 29.3 Å². The number of nitrogens with one attached hydrogen (secondary N) is 1. The van der Waals surface area contributed by atoms with Gasteiger partial charge in [0.1, 0.15) is 0 Å². The number of amides is 1. The molecule has 0 aliphatic rings. The lowest BCUT2D eigenvalue weighted by atomic mass is 10.2. The zero-order valence-corrected chi connectivity index (χ0v) is 14.2. The molecule has 1 N–H and O–H groups in total. The first-order valence-corrected chi connectivity index (χ1v) is 8.12. The molecule has 10 heteroatoms. The third-order valence-electron chi connectivity index (χ3n) is 3.79. The first kappa shape index (κ1) is 17.5. The fraction of sp³-hybridized carbons (Fsp3) is 0.0556. The second-order valence-electron chi connectivity index (χ2n) is 5.73. The fourth-order valence-electron chi connectivity index (χ4n) is 2.46. The molecule has 8 nitrogen and oxygen atoms in total. The van der Waals surface area contributed by atoms with Gasteiger partial charge in [-0.05, 0) is 29.8 Å². The van der Waals surface area contributed by atoms with Crippen molar-refractivity contribution in [3.63, 3.8) is 0 Å². The topological polar surface area (TPSA) is 98.7 Å². The van der Waals surface area contributed by atoms with Gasteiger partial charge < -0.3 is 9.84 Å². The molecule has 4 rings (SSSR count). The van der Waals surface area contributed by atoms with Crippen LogP contribution in [-0.2, 0) is 6.54 Å². The molecule has 3 heterocycles. The second kappa shape index (κ2) is 7.35. The lowest BCUT2D eigenvalue weighted by Crippen LogP contribution is -2.14. The van der Waals surface area contributed by atoms with E-state index in [9.17, 15) is 13.6 Å². The fourth-order valence-corrected chi connectivity index (χ4v) is 2.46. The van der Waals surface area contributed by atoms with Gasteiger partial charge in [0.15, 0.2) is 17.5 Å². The highest BCUT2D eigenvalue weighted by Crippen LogP contribution is 2.22. The molecule has 3 aromatic heterocycles. The molecule has 0 aliphatic carbocycles. The Morgan fingerprint density at radius 1 is 1.14 bits per heavy atom. The smallest absolute Gasteiger partial charge is 0.298 e. The highest BCUT2D eigenvalue weighted by Gasteiger charge is 2.20. The molecule has 4 aromatic rings. The molecular formula is C18H12F2N6O2. The van der Waals surface area contributed by atoms with Crippen LogP contribution >= 0.6 is 0 Å². The largest absolute Gasteiger partial charge is 0.333 e. The van der Waals surface area contributed by atoms with Crippen molar-refractivity contribution >= 4 is 11.7 Å². The van der Waals surface area contributed by atoms with Crippen LogP contribution in [-0.4, -0.2) is 30.8 Å². The first-order chi connectivity index (χ1) is 13.6. The van der Waals surface area contributed by atoms with Crippen molar-refractivity contribution in [1.82, 2.24) is 24.9 Å². The minimum Gasteiger partial charge on any atom is -0.333 e. The molecule has 0 unspecified atom stereocenters. The number of pyridine rings is 1. The van der Waals surface area contributed by atoms with E-state index in [0.29, 0.717) is 6.54 Å². The van der Waals surface area contributed by atoms with Gasteiger partial charge in [-0.25, -0.2) is 8.78 Å². The molecule has 0 atom stereocenters. The standard InChI is InChI=1S/C18H12F2N6O2/c19-13-3-1-2-12(15(13)20)18-23-16(25-28-18)17(27)22-14-6-9-26(24-14)10-11-4-7-21-8-5-11/h1-9H,10H2,(H,22,24,27). The Kier molecular flexibility index (Phi) is 4.58. The maximum atomic E-state index is 13.8. The Morgan fingerprint density at radius 3 is 2.79 bits per heavy atom. The van der Waals surface area contributed by atoms with Gasteiger partial charge in [-0.1, -0.05) is 11.2 Å². The van der Waals surface area contributed by atoms with Crippen LogP contribution in [0, 0.1) is 11.6 Å². The zero-order valence-electron chi connectivity index (χ0n) is 14.2. The summed E-state index contributed by atoms with van der Waals surface area (Å²) >= 11 is 0. The summed E-state index contributed by atoms with van der Waals surface area (Å²) in [5.74, 6) is -3.23. The van der Waals surface area contributed by atoms with E-state index in [1.165, 1.54) is 12.1 Å². The van der Waals surface area contributed by atoms with Crippen molar-refractivity contribution in [3.05, 3.63) is 78.0 Å². The lowest BCUT2D eigenvalue weighted by molar-refractivity contribution is 0.101. The van der Waals surface area contributed by atoms with Gasteiger partial charge in [-0.3, -0.25) is 14.5 Å². The Hall–Kier alpha value is -3.95.